The van der Waals surface area contributed by atoms with Gasteiger partial charge in [0.15, 0.2) is 0 Å². The zero-order chi connectivity index (χ0) is 16.3. The van der Waals surface area contributed by atoms with Gasteiger partial charge in [-0.3, -0.25) is 4.79 Å². The number of aromatic nitrogens is 3. The molecule has 1 aromatic carbocycles. The summed E-state index contributed by atoms with van der Waals surface area (Å²) < 4.78 is 0. The van der Waals surface area contributed by atoms with Gasteiger partial charge in [0.25, 0.3) is 5.91 Å². The third kappa shape index (κ3) is 4.51. The quantitative estimate of drug-likeness (QED) is 0.911. The molecule has 2 rings (SSSR count). The number of carbonyl (C=O) groups excluding carboxylic acids is 1. The van der Waals surface area contributed by atoms with E-state index >= 15 is 0 Å². The van der Waals surface area contributed by atoms with E-state index in [-0.39, 0.29) is 11.4 Å². The van der Waals surface area contributed by atoms with Crippen molar-refractivity contribution in [3.05, 3.63) is 41.5 Å². The average Bonchev–Trinajstić information content (AvgIpc) is 2.36. The maximum Gasteiger partial charge on any atom is 0.251 e. The lowest BCUT2D eigenvalue weighted by Crippen LogP contribution is -2.40. The normalized spacial score (nSPS) is 11.1. The van der Waals surface area contributed by atoms with Crippen molar-refractivity contribution in [2.45, 2.75) is 40.2 Å². The summed E-state index contributed by atoms with van der Waals surface area (Å²) >= 11 is 0. The summed E-state index contributed by atoms with van der Waals surface area (Å²) in [5, 5.41) is 6.03. The molecule has 116 valence electrons. The number of anilines is 2. The minimum absolute atomic E-state index is 0.0918. The van der Waals surface area contributed by atoms with Crippen molar-refractivity contribution in [3.8, 4) is 0 Å². The highest BCUT2D eigenvalue weighted by Gasteiger charge is 2.15. The molecule has 2 aromatic rings. The third-order valence-corrected chi connectivity index (χ3v) is 2.75. The van der Waals surface area contributed by atoms with Crippen LogP contribution in [0.1, 0.15) is 42.8 Å². The number of rotatable bonds is 3. The van der Waals surface area contributed by atoms with Crippen LogP contribution in [0.5, 0.6) is 0 Å². The number of carbonyl (C=O) groups is 1. The Balaban J connectivity index is 2.10. The van der Waals surface area contributed by atoms with Crippen LogP contribution in [0.4, 0.5) is 11.6 Å². The maximum absolute atomic E-state index is 12.1. The predicted molar refractivity (Wildman–Crippen MR) is 86.2 cm³/mol. The molecule has 0 aliphatic carbocycles. The van der Waals surface area contributed by atoms with Crippen LogP contribution < -0.4 is 10.6 Å². The molecule has 0 aliphatic heterocycles. The topological polar surface area (TPSA) is 79.8 Å². The van der Waals surface area contributed by atoms with E-state index in [2.05, 4.69) is 25.6 Å². The van der Waals surface area contributed by atoms with E-state index < -0.39 is 0 Å². The first-order valence-electron chi connectivity index (χ1n) is 7.12. The number of nitrogens with zero attached hydrogens (tertiary/aromatic N) is 3. The lowest BCUT2D eigenvalue weighted by molar-refractivity contribution is 0.0919. The lowest BCUT2D eigenvalue weighted by Gasteiger charge is -2.20. The summed E-state index contributed by atoms with van der Waals surface area (Å²) in [5.41, 5.74) is 1.18. The van der Waals surface area contributed by atoms with E-state index in [1.807, 2.05) is 46.8 Å². The Morgan fingerprint density at radius 3 is 2.00 bits per heavy atom. The first-order chi connectivity index (χ1) is 10.2. The molecule has 1 heterocycles. The Kier molecular flexibility index (Phi) is 4.40. The molecular formula is C16H21N5O. The van der Waals surface area contributed by atoms with E-state index in [1.165, 1.54) is 0 Å². The van der Waals surface area contributed by atoms with Crippen LogP contribution in [0.2, 0.25) is 0 Å². The Hall–Kier alpha value is -2.50. The number of nitrogens with one attached hydrogen (secondary N) is 2. The fraction of sp³-hybridized carbons (Fsp3) is 0.375. The zero-order valence-electron chi connectivity index (χ0n) is 13.6. The predicted octanol–water partition coefficient (Wildman–Crippen LogP) is 2.76. The van der Waals surface area contributed by atoms with E-state index in [4.69, 9.17) is 0 Å². The second-order valence-electron chi connectivity index (χ2n) is 6.16. The molecule has 0 saturated heterocycles. The molecule has 0 spiro atoms. The van der Waals surface area contributed by atoms with Gasteiger partial charge in [-0.25, -0.2) is 4.98 Å². The van der Waals surface area contributed by atoms with Crippen LogP contribution in [-0.2, 0) is 0 Å². The Morgan fingerprint density at radius 2 is 1.50 bits per heavy atom. The molecule has 6 nitrogen and oxygen atoms in total. The van der Waals surface area contributed by atoms with Crippen LogP contribution in [0.3, 0.4) is 0 Å². The SMILES string of the molecule is Cc1nc(C)nc(Nc2ccc(C(=O)NC(C)(C)C)cc2)n1. The van der Waals surface area contributed by atoms with Gasteiger partial charge in [0.1, 0.15) is 11.6 Å². The van der Waals surface area contributed by atoms with Crippen molar-refractivity contribution in [2.75, 3.05) is 5.32 Å². The Labute approximate surface area is 130 Å². The largest absolute Gasteiger partial charge is 0.347 e. The number of hydrogen-bond donors (Lipinski definition) is 2. The van der Waals surface area contributed by atoms with Gasteiger partial charge >= 0.3 is 0 Å². The number of benzene rings is 1. The van der Waals surface area contributed by atoms with Gasteiger partial charge in [0.2, 0.25) is 5.95 Å². The summed E-state index contributed by atoms with van der Waals surface area (Å²) in [5.74, 6) is 1.73. The molecule has 6 heteroatoms. The molecule has 0 unspecified atom stereocenters. The number of aryl methyl sites for hydroxylation is 2. The van der Waals surface area contributed by atoms with Gasteiger partial charge in [-0.05, 0) is 58.9 Å². The van der Waals surface area contributed by atoms with Crippen LogP contribution in [-0.4, -0.2) is 26.4 Å². The highest BCUT2D eigenvalue weighted by atomic mass is 16.1. The van der Waals surface area contributed by atoms with E-state index in [1.54, 1.807) is 12.1 Å². The minimum Gasteiger partial charge on any atom is -0.347 e. The van der Waals surface area contributed by atoms with Crippen molar-refractivity contribution in [3.63, 3.8) is 0 Å². The molecule has 0 atom stereocenters. The van der Waals surface area contributed by atoms with Crippen molar-refractivity contribution in [2.24, 2.45) is 0 Å². The van der Waals surface area contributed by atoms with Crippen LogP contribution in [0.15, 0.2) is 24.3 Å². The van der Waals surface area contributed by atoms with E-state index in [0.717, 1.165) is 5.69 Å². The van der Waals surface area contributed by atoms with Gasteiger partial charge in [0.05, 0.1) is 0 Å². The van der Waals surface area contributed by atoms with E-state index in [0.29, 0.717) is 23.2 Å². The van der Waals surface area contributed by atoms with Gasteiger partial charge in [-0.2, -0.15) is 9.97 Å². The maximum atomic E-state index is 12.1. The summed E-state index contributed by atoms with van der Waals surface area (Å²) in [6.07, 6.45) is 0. The monoisotopic (exact) mass is 299 g/mol. The fourth-order valence-electron chi connectivity index (χ4n) is 1.92. The average molecular weight is 299 g/mol. The molecule has 0 radical (unpaired) electrons. The van der Waals surface area contributed by atoms with Crippen LogP contribution in [0, 0.1) is 13.8 Å². The molecule has 1 aromatic heterocycles. The number of hydrogen-bond acceptors (Lipinski definition) is 5. The molecule has 0 saturated carbocycles. The van der Waals surface area contributed by atoms with Crippen molar-refractivity contribution in [1.29, 1.82) is 0 Å². The molecular weight excluding hydrogens is 278 g/mol. The van der Waals surface area contributed by atoms with Crippen molar-refractivity contribution < 1.29 is 4.79 Å². The van der Waals surface area contributed by atoms with Crippen molar-refractivity contribution in [1.82, 2.24) is 20.3 Å². The number of amides is 1. The van der Waals surface area contributed by atoms with Crippen LogP contribution >= 0.6 is 0 Å². The summed E-state index contributed by atoms with van der Waals surface area (Å²) in [6, 6.07) is 7.19. The lowest BCUT2D eigenvalue weighted by atomic mass is 10.1. The third-order valence-electron chi connectivity index (χ3n) is 2.75. The summed E-state index contributed by atoms with van der Waals surface area (Å²) in [4.78, 5) is 24.6. The summed E-state index contributed by atoms with van der Waals surface area (Å²) in [6.45, 7) is 9.49. The van der Waals surface area contributed by atoms with Gasteiger partial charge in [-0.1, -0.05) is 0 Å². The highest BCUT2D eigenvalue weighted by Crippen LogP contribution is 2.14. The summed E-state index contributed by atoms with van der Waals surface area (Å²) in [7, 11) is 0. The smallest absolute Gasteiger partial charge is 0.251 e. The minimum atomic E-state index is -0.256. The van der Waals surface area contributed by atoms with Gasteiger partial charge in [-0.15, -0.1) is 0 Å². The Morgan fingerprint density at radius 1 is 0.955 bits per heavy atom. The zero-order valence-corrected chi connectivity index (χ0v) is 13.6. The second-order valence-corrected chi connectivity index (χ2v) is 6.16. The second kappa shape index (κ2) is 6.09. The molecule has 0 aliphatic rings. The molecule has 22 heavy (non-hydrogen) atoms. The van der Waals surface area contributed by atoms with Crippen LogP contribution in [0.25, 0.3) is 0 Å². The highest BCUT2D eigenvalue weighted by molar-refractivity contribution is 5.95. The van der Waals surface area contributed by atoms with Gasteiger partial charge < -0.3 is 10.6 Å². The molecule has 1 amide bonds. The molecule has 2 N–H and O–H groups in total. The Bertz CT molecular complexity index is 654. The first-order valence-corrected chi connectivity index (χ1v) is 7.12. The standard InChI is InChI=1S/C16H21N5O/c1-10-17-11(2)19-15(18-10)20-13-8-6-12(7-9-13)14(22)21-16(3,4)5/h6-9H,1-5H3,(H,21,22)(H,17,18,19,20). The first kappa shape index (κ1) is 15.9. The fourth-order valence-corrected chi connectivity index (χ4v) is 1.92. The molecule has 0 bridgehead atoms. The molecule has 0 fully saturated rings. The van der Waals surface area contributed by atoms with Gasteiger partial charge in [0, 0.05) is 16.8 Å². The van der Waals surface area contributed by atoms with E-state index in [9.17, 15) is 4.79 Å². The van der Waals surface area contributed by atoms with Crippen molar-refractivity contribution >= 4 is 17.5 Å².